The molecule has 5 rings (SSSR count). The minimum atomic E-state index is -5.90. The third-order valence-electron chi connectivity index (χ3n) is 9.71. The molecule has 0 unspecified atom stereocenters. The predicted octanol–water partition coefficient (Wildman–Crippen LogP) is 8.51. The van der Waals surface area contributed by atoms with Gasteiger partial charge in [0, 0.05) is 16.4 Å². The Morgan fingerprint density at radius 1 is 0.400 bits per heavy atom. The summed E-state index contributed by atoms with van der Waals surface area (Å²) in [6, 6.07) is 0. The van der Waals surface area contributed by atoms with Gasteiger partial charge in [0.2, 0.25) is 0 Å². The highest BCUT2D eigenvalue weighted by molar-refractivity contribution is 7.16. The normalized spacial score (nSPS) is 14.6. The first-order valence-corrected chi connectivity index (χ1v) is 14.1. The summed E-state index contributed by atoms with van der Waals surface area (Å²) in [7, 11) is 0. The molecule has 0 N–H and O–H groups in total. The predicted molar refractivity (Wildman–Crippen MR) is 151 cm³/mol. The number of allylic oxidation sites excluding steroid dienone is 6. The summed E-state index contributed by atoms with van der Waals surface area (Å²) in [5, 5.41) is 0. The van der Waals surface area contributed by atoms with Crippen LogP contribution in [0.1, 0.15) is 27.7 Å². The van der Waals surface area contributed by atoms with Gasteiger partial charge in [-0.1, -0.05) is 52.0 Å². The Balaban J connectivity index is 2.19. The van der Waals surface area contributed by atoms with E-state index in [1.165, 1.54) is 19.9 Å². The third-order valence-corrected chi connectivity index (χ3v) is 9.71. The van der Waals surface area contributed by atoms with Gasteiger partial charge in [-0.3, -0.25) is 0 Å². The van der Waals surface area contributed by atoms with E-state index in [1.54, 1.807) is 26.0 Å². The first-order chi connectivity index (χ1) is 23.1. The second kappa shape index (κ2) is 11.9. The van der Waals surface area contributed by atoms with Crippen LogP contribution in [0.3, 0.4) is 0 Å². The molecular formula is C34H17BF15-. The highest BCUT2D eigenvalue weighted by atomic mass is 19.2. The average Bonchev–Trinajstić information content (AvgIpc) is 3.80. The van der Waals surface area contributed by atoms with Crippen LogP contribution in [0.25, 0.3) is 0 Å². The molecule has 3 aromatic carbocycles. The zero-order valence-electron chi connectivity index (χ0n) is 25.6. The molecule has 0 aliphatic heterocycles. The van der Waals surface area contributed by atoms with Gasteiger partial charge in [0.05, 0.1) is 0 Å². The van der Waals surface area contributed by atoms with Crippen LogP contribution in [0, 0.1) is 98.1 Å². The maximum atomic E-state index is 15.9. The third kappa shape index (κ3) is 4.68. The van der Waals surface area contributed by atoms with E-state index in [2.05, 4.69) is 11.5 Å². The molecule has 262 valence electrons. The maximum Gasteiger partial charge on any atom is 0.200 e. The van der Waals surface area contributed by atoms with E-state index in [1.807, 2.05) is 0 Å². The zero-order valence-corrected chi connectivity index (χ0v) is 25.6. The lowest BCUT2D eigenvalue weighted by atomic mass is 9.12. The quantitative estimate of drug-likeness (QED) is 0.0756. The van der Waals surface area contributed by atoms with Crippen molar-refractivity contribution in [3.63, 3.8) is 0 Å². The fourth-order valence-corrected chi connectivity index (χ4v) is 6.33. The minimum absolute atomic E-state index is 0.255. The van der Waals surface area contributed by atoms with Gasteiger partial charge in [-0.05, 0) is 11.6 Å². The largest absolute Gasteiger partial charge is 0.207 e. The summed E-state index contributed by atoms with van der Waals surface area (Å²) in [6.45, 7) is 6.09. The van der Waals surface area contributed by atoms with Gasteiger partial charge in [0.15, 0.2) is 52.4 Å². The Labute approximate surface area is 272 Å². The van der Waals surface area contributed by atoms with Crippen molar-refractivity contribution >= 4 is 22.5 Å². The van der Waals surface area contributed by atoms with E-state index in [0.717, 1.165) is 6.08 Å². The SMILES string of the molecule is CC(C)(C1=C=CC=C1)C(C)(C)C1=C=C([B-](c2c(F)c(F)c(F)c(F)c2F)(c2c(F)c(F)c(F)c(F)c2F)c2c(F)c(F)c(F)c(F)c2F)C=C1. The number of halogens is 15. The topological polar surface area (TPSA) is 0 Å². The van der Waals surface area contributed by atoms with Crippen LogP contribution in [0.15, 0.2) is 58.5 Å². The van der Waals surface area contributed by atoms with Crippen LogP contribution in [0.4, 0.5) is 65.9 Å². The Hall–Kier alpha value is -4.81. The average molecular weight is 721 g/mol. The number of hydrogen-bond acceptors (Lipinski definition) is 0. The molecule has 3 aromatic rings. The first kappa shape index (κ1) is 36.5. The summed E-state index contributed by atoms with van der Waals surface area (Å²) in [5.74, 6) is -45.8. The monoisotopic (exact) mass is 721 g/mol. The maximum absolute atomic E-state index is 15.9. The fraction of sp³-hybridized carbons (Fsp3) is 0.176. The smallest absolute Gasteiger partial charge is 0.200 e. The van der Waals surface area contributed by atoms with Crippen LogP contribution in [-0.4, -0.2) is 6.15 Å². The van der Waals surface area contributed by atoms with Crippen LogP contribution in [0.2, 0.25) is 0 Å². The summed E-state index contributed by atoms with van der Waals surface area (Å²) in [6.07, 6.45) is 0.0870. The van der Waals surface area contributed by atoms with E-state index < -0.39 is 126 Å². The van der Waals surface area contributed by atoms with Gasteiger partial charge in [-0.2, -0.15) is 11.2 Å². The molecule has 50 heavy (non-hydrogen) atoms. The molecule has 2 aliphatic rings. The van der Waals surface area contributed by atoms with Gasteiger partial charge < -0.3 is 0 Å². The number of benzene rings is 3. The van der Waals surface area contributed by atoms with Crippen molar-refractivity contribution in [2.24, 2.45) is 10.8 Å². The molecule has 0 nitrogen and oxygen atoms in total. The summed E-state index contributed by atoms with van der Waals surface area (Å²) >= 11 is 0. The van der Waals surface area contributed by atoms with E-state index in [0.29, 0.717) is 11.6 Å². The van der Waals surface area contributed by atoms with Crippen molar-refractivity contribution in [2.75, 3.05) is 0 Å². The molecule has 0 aromatic heterocycles. The zero-order chi connectivity index (χ0) is 37.6. The summed E-state index contributed by atoms with van der Waals surface area (Å²) < 4.78 is 228. The Morgan fingerprint density at radius 3 is 1.00 bits per heavy atom. The molecule has 0 atom stereocenters. The summed E-state index contributed by atoms with van der Waals surface area (Å²) in [5.41, 5.74) is -6.71. The van der Waals surface area contributed by atoms with Gasteiger partial charge in [0.25, 0.3) is 0 Å². The number of hydrogen-bond donors (Lipinski definition) is 0. The van der Waals surface area contributed by atoms with Crippen LogP contribution in [0.5, 0.6) is 0 Å². The standard InChI is InChI=1S/C34H17BF15/c1-33(2,12-7-5-6-8-12)34(3,4)13-9-10-14(11-13)35(15-18(36)24(42)30(48)25(43)19(15)37,16-20(38)26(44)31(49)27(45)21(16)39)17-22(40)28(46)32(50)29(47)23(17)41/h5-7,9-10H,1-4H3/q-1. The van der Waals surface area contributed by atoms with Crippen molar-refractivity contribution in [2.45, 2.75) is 27.7 Å². The van der Waals surface area contributed by atoms with Crippen molar-refractivity contribution < 1.29 is 65.9 Å². The van der Waals surface area contributed by atoms with Crippen LogP contribution in [-0.2, 0) is 0 Å². The van der Waals surface area contributed by atoms with E-state index in [4.69, 9.17) is 0 Å². The van der Waals surface area contributed by atoms with E-state index in [9.17, 15) is 39.5 Å². The molecule has 0 heterocycles. The lowest BCUT2D eigenvalue weighted by Gasteiger charge is -2.44. The molecule has 0 spiro atoms. The molecule has 0 saturated heterocycles. The van der Waals surface area contributed by atoms with Crippen molar-refractivity contribution in [1.29, 1.82) is 0 Å². The molecule has 0 amide bonds. The van der Waals surface area contributed by atoms with Gasteiger partial charge >= 0.3 is 0 Å². The fourth-order valence-electron chi connectivity index (χ4n) is 6.33. The van der Waals surface area contributed by atoms with Crippen molar-refractivity contribution in [3.05, 3.63) is 146 Å². The first-order valence-electron chi connectivity index (χ1n) is 14.1. The van der Waals surface area contributed by atoms with Crippen LogP contribution < -0.4 is 16.4 Å². The van der Waals surface area contributed by atoms with Crippen molar-refractivity contribution in [3.8, 4) is 0 Å². The Kier molecular flexibility index (Phi) is 8.69. The highest BCUT2D eigenvalue weighted by Crippen LogP contribution is 2.51. The lowest BCUT2D eigenvalue weighted by Crippen LogP contribution is -2.74. The Morgan fingerprint density at radius 2 is 0.700 bits per heavy atom. The van der Waals surface area contributed by atoms with E-state index >= 15 is 26.3 Å². The lowest BCUT2D eigenvalue weighted by molar-refractivity contribution is 0.210. The van der Waals surface area contributed by atoms with E-state index in [-0.39, 0.29) is 5.57 Å². The van der Waals surface area contributed by atoms with Crippen molar-refractivity contribution in [1.82, 2.24) is 0 Å². The molecule has 0 fully saturated rings. The summed E-state index contributed by atoms with van der Waals surface area (Å²) in [4.78, 5) is 0. The molecule has 0 saturated carbocycles. The second-order valence-corrected chi connectivity index (χ2v) is 12.5. The van der Waals surface area contributed by atoms with Crippen LogP contribution >= 0.6 is 0 Å². The van der Waals surface area contributed by atoms with Gasteiger partial charge in [0.1, 0.15) is 41.0 Å². The highest BCUT2D eigenvalue weighted by Gasteiger charge is 2.51. The van der Waals surface area contributed by atoms with Gasteiger partial charge in [-0.15, -0.1) is 22.1 Å². The van der Waals surface area contributed by atoms with Gasteiger partial charge in [-0.25, -0.2) is 65.9 Å². The molecular weight excluding hydrogens is 704 g/mol. The number of rotatable bonds is 7. The minimum Gasteiger partial charge on any atom is -0.207 e. The molecule has 0 bridgehead atoms. The second-order valence-electron chi connectivity index (χ2n) is 12.5. The molecule has 0 radical (unpaired) electrons. The molecule has 2 aliphatic carbocycles. The Bertz CT molecular complexity index is 1990. The molecule has 16 heteroatoms.